The maximum atomic E-state index is 12.9. The summed E-state index contributed by atoms with van der Waals surface area (Å²) < 4.78 is 2.00. The highest BCUT2D eigenvalue weighted by Crippen LogP contribution is 2.24. The number of halogens is 1. The Morgan fingerprint density at radius 2 is 1.58 bits per heavy atom. The van der Waals surface area contributed by atoms with E-state index in [4.69, 9.17) is 11.6 Å². The molecule has 0 saturated carbocycles. The number of anilines is 1. The molecule has 1 heterocycles. The number of imidazole rings is 1. The average Bonchev–Trinajstić information content (AvgIpc) is 3.15. The van der Waals surface area contributed by atoms with Crippen molar-refractivity contribution >= 4 is 40.1 Å². The third-order valence-corrected chi connectivity index (χ3v) is 5.86. The lowest BCUT2D eigenvalue weighted by Gasteiger charge is -2.18. The van der Waals surface area contributed by atoms with Crippen molar-refractivity contribution in [1.82, 2.24) is 14.5 Å². The first kappa shape index (κ1) is 22.6. The molecule has 0 saturated heterocycles. The molecule has 0 aliphatic rings. The fourth-order valence-electron chi connectivity index (χ4n) is 3.85. The van der Waals surface area contributed by atoms with Crippen LogP contribution in [0.5, 0.6) is 0 Å². The van der Waals surface area contributed by atoms with Crippen molar-refractivity contribution in [3.63, 3.8) is 0 Å². The number of amides is 2. The molecule has 6 nitrogen and oxygen atoms in total. The van der Waals surface area contributed by atoms with Crippen molar-refractivity contribution in [3.8, 4) is 5.69 Å². The summed E-state index contributed by atoms with van der Waals surface area (Å²) >= 11 is 6.03. The van der Waals surface area contributed by atoms with Crippen LogP contribution in [0.4, 0.5) is 5.69 Å². The van der Waals surface area contributed by atoms with Gasteiger partial charge in [0.15, 0.2) is 0 Å². The second kappa shape index (κ2) is 9.46. The Morgan fingerprint density at radius 1 is 0.939 bits per heavy atom. The minimum atomic E-state index is -0.235. The van der Waals surface area contributed by atoms with Crippen LogP contribution in [0, 0.1) is 6.92 Å². The number of carbonyl (C=O) groups excluding carboxylic acids is 2. The van der Waals surface area contributed by atoms with Crippen molar-refractivity contribution < 1.29 is 9.59 Å². The molecule has 33 heavy (non-hydrogen) atoms. The number of carbonyl (C=O) groups is 2. The molecule has 3 aromatic carbocycles. The van der Waals surface area contributed by atoms with Gasteiger partial charge in [-0.15, -0.1) is 0 Å². The highest BCUT2D eigenvalue weighted by Gasteiger charge is 2.15. The molecule has 0 aliphatic carbocycles. The van der Waals surface area contributed by atoms with Gasteiger partial charge in [-0.05, 0) is 87.5 Å². The first-order valence-electron chi connectivity index (χ1n) is 10.9. The minimum Gasteiger partial charge on any atom is -0.339 e. The van der Waals surface area contributed by atoms with Crippen molar-refractivity contribution in [2.75, 3.05) is 18.4 Å². The Bertz CT molecular complexity index is 1310. The minimum absolute atomic E-state index is 0.0193. The number of aromatic nitrogens is 2. The molecular weight excluding hydrogens is 436 g/mol. The smallest absolute Gasteiger partial charge is 0.255 e. The summed E-state index contributed by atoms with van der Waals surface area (Å²) in [5.74, 6) is 0.564. The molecule has 0 unspecified atom stereocenters. The van der Waals surface area contributed by atoms with E-state index in [1.165, 1.54) is 0 Å². The highest BCUT2D eigenvalue weighted by atomic mass is 35.5. The molecule has 1 N–H and O–H groups in total. The van der Waals surface area contributed by atoms with Gasteiger partial charge >= 0.3 is 0 Å². The Morgan fingerprint density at radius 3 is 2.21 bits per heavy atom. The molecular formula is C26H25ClN4O2. The lowest BCUT2D eigenvalue weighted by molar-refractivity contribution is 0.0773. The van der Waals surface area contributed by atoms with Crippen LogP contribution in [-0.4, -0.2) is 39.4 Å². The number of fused-ring (bicyclic) bond motifs is 1. The van der Waals surface area contributed by atoms with Gasteiger partial charge in [0.2, 0.25) is 0 Å². The van der Waals surface area contributed by atoms with E-state index in [1.54, 1.807) is 35.2 Å². The van der Waals surface area contributed by atoms with E-state index < -0.39 is 0 Å². The van der Waals surface area contributed by atoms with E-state index in [-0.39, 0.29) is 11.8 Å². The van der Waals surface area contributed by atoms with Gasteiger partial charge < -0.3 is 10.2 Å². The van der Waals surface area contributed by atoms with Crippen molar-refractivity contribution in [3.05, 3.63) is 88.7 Å². The normalized spacial score (nSPS) is 10.9. The summed E-state index contributed by atoms with van der Waals surface area (Å²) in [6.07, 6.45) is 0. The summed E-state index contributed by atoms with van der Waals surface area (Å²) in [6.45, 7) is 7.14. The van der Waals surface area contributed by atoms with Crippen LogP contribution in [0.3, 0.4) is 0 Å². The van der Waals surface area contributed by atoms with Gasteiger partial charge in [-0.3, -0.25) is 14.2 Å². The number of nitrogens with zero attached hydrogens (tertiary/aromatic N) is 3. The van der Waals surface area contributed by atoms with E-state index in [9.17, 15) is 9.59 Å². The van der Waals surface area contributed by atoms with Gasteiger partial charge in [0.1, 0.15) is 5.82 Å². The van der Waals surface area contributed by atoms with Gasteiger partial charge in [0.25, 0.3) is 11.8 Å². The number of benzene rings is 3. The van der Waals surface area contributed by atoms with Gasteiger partial charge in [0.05, 0.1) is 11.0 Å². The van der Waals surface area contributed by atoms with Gasteiger partial charge in [0, 0.05) is 40.6 Å². The van der Waals surface area contributed by atoms with Crippen LogP contribution in [-0.2, 0) is 0 Å². The Kier molecular flexibility index (Phi) is 6.47. The van der Waals surface area contributed by atoms with E-state index in [1.807, 2.05) is 61.7 Å². The summed E-state index contributed by atoms with van der Waals surface area (Å²) in [5.41, 5.74) is 4.30. The van der Waals surface area contributed by atoms with Crippen LogP contribution < -0.4 is 5.32 Å². The molecule has 168 valence electrons. The summed E-state index contributed by atoms with van der Waals surface area (Å²) in [7, 11) is 0. The molecule has 0 aliphatic heterocycles. The van der Waals surface area contributed by atoms with Crippen LogP contribution in [0.25, 0.3) is 16.7 Å². The van der Waals surface area contributed by atoms with Crippen LogP contribution in [0.1, 0.15) is 40.4 Å². The SMILES string of the molecule is CCN(CC)C(=O)c1ccc(NC(=O)c2ccc3nc(C)n(-c4ccc(Cl)cc4)c3c2)cc1. The average molecular weight is 461 g/mol. The Balaban J connectivity index is 1.58. The number of nitrogens with one attached hydrogen (secondary N) is 1. The van der Waals surface area contributed by atoms with Crippen LogP contribution in [0.2, 0.25) is 5.02 Å². The van der Waals surface area contributed by atoms with Crippen molar-refractivity contribution in [2.24, 2.45) is 0 Å². The number of aryl methyl sites for hydroxylation is 1. The first-order chi connectivity index (χ1) is 15.9. The number of hydrogen-bond acceptors (Lipinski definition) is 3. The van der Waals surface area contributed by atoms with Gasteiger partial charge in [-0.1, -0.05) is 11.6 Å². The molecule has 0 atom stereocenters. The monoisotopic (exact) mass is 460 g/mol. The summed E-state index contributed by atoms with van der Waals surface area (Å²) in [4.78, 5) is 31.8. The largest absolute Gasteiger partial charge is 0.339 e. The highest BCUT2D eigenvalue weighted by molar-refractivity contribution is 6.30. The van der Waals surface area contributed by atoms with E-state index in [0.29, 0.717) is 34.9 Å². The van der Waals surface area contributed by atoms with Crippen molar-refractivity contribution in [1.29, 1.82) is 0 Å². The predicted octanol–water partition coefficient (Wildman–Crippen LogP) is 5.72. The third kappa shape index (κ3) is 4.61. The van der Waals surface area contributed by atoms with Gasteiger partial charge in [-0.25, -0.2) is 4.98 Å². The molecule has 0 fully saturated rings. The molecule has 4 rings (SSSR count). The van der Waals surface area contributed by atoms with E-state index in [0.717, 1.165) is 22.5 Å². The summed E-state index contributed by atoms with van der Waals surface area (Å²) in [6, 6.07) is 19.9. The first-order valence-corrected chi connectivity index (χ1v) is 11.2. The molecule has 1 aromatic heterocycles. The predicted molar refractivity (Wildman–Crippen MR) is 132 cm³/mol. The van der Waals surface area contributed by atoms with Crippen molar-refractivity contribution in [2.45, 2.75) is 20.8 Å². The zero-order valence-electron chi connectivity index (χ0n) is 18.8. The Hall–Kier alpha value is -3.64. The Labute approximate surface area is 197 Å². The molecule has 7 heteroatoms. The zero-order chi connectivity index (χ0) is 23.5. The topological polar surface area (TPSA) is 67.2 Å². The second-order valence-corrected chi connectivity index (χ2v) is 8.12. The summed E-state index contributed by atoms with van der Waals surface area (Å²) in [5, 5.41) is 3.57. The fourth-order valence-corrected chi connectivity index (χ4v) is 3.97. The number of rotatable bonds is 6. The maximum Gasteiger partial charge on any atom is 0.255 e. The molecule has 4 aromatic rings. The van der Waals surface area contributed by atoms with E-state index in [2.05, 4.69) is 10.3 Å². The van der Waals surface area contributed by atoms with Crippen LogP contribution >= 0.6 is 11.6 Å². The van der Waals surface area contributed by atoms with E-state index >= 15 is 0 Å². The maximum absolute atomic E-state index is 12.9. The standard InChI is InChI=1S/C26H25ClN4O2/c1-4-30(5-2)26(33)18-6-11-21(12-7-18)29-25(32)19-8-15-23-24(16-19)31(17(3)28-23)22-13-9-20(27)10-14-22/h6-16H,4-5H2,1-3H3,(H,29,32). The van der Waals surface area contributed by atoms with Gasteiger partial charge in [-0.2, -0.15) is 0 Å². The van der Waals surface area contributed by atoms with Crippen LogP contribution in [0.15, 0.2) is 66.7 Å². The third-order valence-electron chi connectivity index (χ3n) is 5.61. The molecule has 0 radical (unpaired) electrons. The second-order valence-electron chi connectivity index (χ2n) is 7.68. The quantitative estimate of drug-likeness (QED) is 0.400. The number of hydrogen-bond donors (Lipinski definition) is 1. The lowest BCUT2D eigenvalue weighted by Crippen LogP contribution is -2.30. The zero-order valence-corrected chi connectivity index (χ0v) is 19.6. The molecule has 2 amide bonds. The molecule has 0 bridgehead atoms. The lowest BCUT2D eigenvalue weighted by atomic mass is 10.1. The fraction of sp³-hybridized carbons (Fsp3) is 0.192. The molecule has 0 spiro atoms.